The second-order valence-corrected chi connectivity index (χ2v) is 7.54. The number of benzene rings is 1. The summed E-state index contributed by atoms with van der Waals surface area (Å²) in [7, 11) is -2.14. The highest BCUT2D eigenvalue weighted by molar-refractivity contribution is 7.89. The Bertz CT molecular complexity index is 969. The van der Waals surface area contributed by atoms with Crippen LogP contribution >= 0.6 is 22.9 Å². The molecular weight excluding hydrogens is 344 g/mol. The van der Waals surface area contributed by atoms with Gasteiger partial charge in [-0.3, -0.25) is 0 Å². The molecule has 0 bridgehead atoms. The second kappa shape index (κ2) is 5.47. The molecule has 114 valence electrons. The number of sulfonamides is 1. The van der Waals surface area contributed by atoms with Gasteiger partial charge in [0.25, 0.3) is 0 Å². The number of aromatic nitrogens is 2. The Morgan fingerprint density at radius 2 is 2.09 bits per heavy atom. The van der Waals surface area contributed by atoms with E-state index in [1.54, 1.807) is 12.1 Å². The number of nitrogens with one attached hydrogen (secondary N) is 1. The largest absolute Gasteiger partial charge is 0.382 e. The van der Waals surface area contributed by atoms with Gasteiger partial charge in [0.15, 0.2) is 0 Å². The van der Waals surface area contributed by atoms with Crippen molar-refractivity contribution < 1.29 is 8.42 Å². The summed E-state index contributed by atoms with van der Waals surface area (Å²) in [6, 6.07) is 6.59. The molecule has 9 heteroatoms. The first-order valence-corrected chi connectivity index (χ1v) is 8.90. The van der Waals surface area contributed by atoms with Crippen LogP contribution in [0.4, 0.5) is 5.82 Å². The number of hydrogen-bond donors (Lipinski definition) is 2. The molecule has 22 heavy (non-hydrogen) atoms. The number of hydrogen-bond acceptors (Lipinski definition) is 6. The van der Waals surface area contributed by atoms with Gasteiger partial charge in [-0.05, 0) is 36.3 Å². The van der Waals surface area contributed by atoms with Gasteiger partial charge in [-0.2, -0.15) is 4.98 Å². The first kappa shape index (κ1) is 15.2. The highest BCUT2D eigenvalue weighted by Crippen LogP contribution is 2.36. The van der Waals surface area contributed by atoms with Crippen LogP contribution in [0.15, 0.2) is 34.5 Å². The summed E-state index contributed by atoms with van der Waals surface area (Å²) in [6.07, 6.45) is 0. The van der Waals surface area contributed by atoms with Gasteiger partial charge >= 0.3 is 0 Å². The molecule has 2 aromatic heterocycles. The summed E-state index contributed by atoms with van der Waals surface area (Å²) in [5.41, 5.74) is 7.94. The molecule has 0 aliphatic heterocycles. The first-order chi connectivity index (χ1) is 10.4. The summed E-state index contributed by atoms with van der Waals surface area (Å²) in [4.78, 5) is 8.30. The molecule has 0 aliphatic rings. The Balaban J connectivity index is 2.23. The number of nitrogens with zero attached hydrogens (tertiary/aromatic N) is 2. The molecule has 2 heterocycles. The van der Waals surface area contributed by atoms with Gasteiger partial charge in [-0.15, -0.1) is 11.3 Å². The molecule has 0 atom stereocenters. The van der Waals surface area contributed by atoms with Crippen LogP contribution in [0.3, 0.4) is 0 Å². The smallest absolute Gasteiger partial charge is 0.240 e. The fourth-order valence-corrected chi connectivity index (χ4v) is 3.93. The molecule has 6 nitrogen and oxygen atoms in total. The van der Waals surface area contributed by atoms with Crippen molar-refractivity contribution in [3.05, 3.63) is 34.9 Å². The number of anilines is 1. The fourth-order valence-electron chi connectivity index (χ4n) is 2.07. The van der Waals surface area contributed by atoms with E-state index in [0.717, 1.165) is 15.8 Å². The zero-order valence-electron chi connectivity index (χ0n) is 11.4. The predicted octanol–water partition coefficient (Wildman–Crippen LogP) is 2.50. The van der Waals surface area contributed by atoms with E-state index in [0.29, 0.717) is 11.3 Å². The standard InChI is InChI=1S/C13H11ClN4O2S2/c1-16-22(19,20)8-4-2-3-7(5-8)9-6-21-11-10(9)17-13(14)18-12(11)15/h2-6,16H,1H3,(H2,15,17,18). The van der Waals surface area contributed by atoms with Crippen molar-refractivity contribution in [1.82, 2.24) is 14.7 Å². The van der Waals surface area contributed by atoms with Crippen LogP contribution in [0.25, 0.3) is 21.3 Å². The maximum atomic E-state index is 11.9. The predicted molar refractivity (Wildman–Crippen MR) is 88.5 cm³/mol. The van der Waals surface area contributed by atoms with E-state index in [1.807, 2.05) is 11.4 Å². The Labute approximate surface area is 136 Å². The number of nitrogen functional groups attached to an aromatic ring is 1. The molecule has 3 N–H and O–H groups in total. The van der Waals surface area contributed by atoms with Crippen molar-refractivity contribution in [1.29, 1.82) is 0 Å². The minimum Gasteiger partial charge on any atom is -0.382 e. The van der Waals surface area contributed by atoms with E-state index >= 15 is 0 Å². The molecule has 0 saturated carbocycles. The Kier molecular flexibility index (Phi) is 3.77. The molecule has 3 rings (SSSR count). The zero-order chi connectivity index (χ0) is 15.9. The van der Waals surface area contributed by atoms with Gasteiger partial charge in [0.05, 0.1) is 15.1 Å². The average molecular weight is 355 g/mol. The van der Waals surface area contributed by atoms with Crippen LogP contribution in [0.5, 0.6) is 0 Å². The Hall–Kier alpha value is -1.74. The fraction of sp³-hybridized carbons (Fsp3) is 0.0769. The Morgan fingerprint density at radius 1 is 1.32 bits per heavy atom. The Morgan fingerprint density at radius 3 is 2.82 bits per heavy atom. The van der Waals surface area contributed by atoms with Crippen molar-refractivity contribution in [3.8, 4) is 11.1 Å². The van der Waals surface area contributed by atoms with Gasteiger partial charge in [0.1, 0.15) is 5.82 Å². The quantitative estimate of drug-likeness (QED) is 0.704. The molecule has 0 saturated heterocycles. The minimum absolute atomic E-state index is 0.0589. The van der Waals surface area contributed by atoms with Gasteiger partial charge < -0.3 is 5.73 Å². The summed E-state index contributed by atoms with van der Waals surface area (Å²) in [5, 5.41) is 1.92. The molecule has 0 unspecified atom stereocenters. The molecule has 1 aromatic carbocycles. The molecule has 3 aromatic rings. The van der Waals surface area contributed by atoms with Crippen LogP contribution in [0, 0.1) is 0 Å². The lowest BCUT2D eigenvalue weighted by Crippen LogP contribution is -2.18. The monoisotopic (exact) mass is 354 g/mol. The van der Waals surface area contributed by atoms with Gasteiger partial charge in [-0.1, -0.05) is 12.1 Å². The van der Waals surface area contributed by atoms with Gasteiger partial charge in [-0.25, -0.2) is 18.1 Å². The van der Waals surface area contributed by atoms with Crippen molar-refractivity contribution >= 4 is 49.0 Å². The van der Waals surface area contributed by atoms with Crippen LogP contribution < -0.4 is 10.5 Å². The van der Waals surface area contributed by atoms with E-state index in [9.17, 15) is 8.42 Å². The number of thiophene rings is 1. The summed E-state index contributed by atoms with van der Waals surface area (Å²) >= 11 is 7.25. The first-order valence-electron chi connectivity index (χ1n) is 6.16. The third-order valence-corrected chi connectivity index (χ3v) is 5.71. The molecule has 0 radical (unpaired) electrons. The molecule has 0 fully saturated rings. The number of fused-ring (bicyclic) bond motifs is 1. The lowest BCUT2D eigenvalue weighted by molar-refractivity contribution is 0.588. The maximum Gasteiger partial charge on any atom is 0.240 e. The molecular formula is C13H11ClN4O2S2. The van der Waals surface area contributed by atoms with E-state index in [4.69, 9.17) is 17.3 Å². The van der Waals surface area contributed by atoms with Crippen LogP contribution in [0.2, 0.25) is 5.28 Å². The van der Waals surface area contributed by atoms with Crippen LogP contribution in [-0.4, -0.2) is 25.4 Å². The second-order valence-electron chi connectivity index (χ2n) is 4.44. The topological polar surface area (TPSA) is 98.0 Å². The highest BCUT2D eigenvalue weighted by atomic mass is 35.5. The average Bonchev–Trinajstić information content (AvgIpc) is 2.91. The van der Waals surface area contributed by atoms with Crippen molar-refractivity contribution in [2.45, 2.75) is 4.90 Å². The summed E-state index contributed by atoms with van der Waals surface area (Å²) < 4.78 is 26.9. The van der Waals surface area contributed by atoms with Crippen molar-refractivity contribution in [3.63, 3.8) is 0 Å². The van der Waals surface area contributed by atoms with E-state index in [1.165, 1.54) is 24.5 Å². The van der Waals surface area contributed by atoms with E-state index in [2.05, 4.69) is 14.7 Å². The van der Waals surface area contributed by atoms with Gasteiger partial charge in [0, 0.05) is 10.9 Å². The zero-order valence-corrected chi connectivity index (χ0v) is 13.8. The maximum absolute atomic E-state index is 11.9. The lowest BCUT2D eigenvalue weighted by Gasteiger charge is -2.05. The summed E-state index contributed by atoms with van der Waals surface area (Å²) in [5.74, 6) is 0.310. The minimum atomic E-state index is -3.51. The van der Waals surface area contributed by atoms with E-state index < -0.39 is 10.0 Å². The molecule has 0 spiro atoms. The third kappa shape index (κ3) is 2.54. The van der Waals surface area contributed by atoms with Crippen molar-refractivity contribution in [2.75, 3.05) is 12.8 Å². The normalized spacial score (nSPS) is 11.9. The number of rotatable bonds is 3. The van der Waals surface area contributed by atoms with Crippen molar-refractivity contribution in [2.24, 2.45) is 0 Å². The third-order valence-electron chi connectivity index (χ3n) is 3.14. The number of halogens is 1. The van der Waals surface area contributed by atoms with Crippen LogP contribution in [0.1, 0.15) is 0 Å². The van der Waals surface area contributed by atoms with E-state index in [-0.39, 0.29) is 10.2 Å². The van der Waals surface area contributed by atoms with Crippen LogP contribution in [-0.2, 0) is 10.0 Å². The molecule has 0 aliphatic carbocycles. The lowest BCUT2D eigenvalue weighted by atomic mass is 10.1. The number of nitrogens with two attached hydrogens (primary N) is 1. The summed E-state index contributed by atoms with van der Waals surface area (Å²) in [6.45, 7) is 0. The van der Waals surface area contributed by atoms with Gasteiger partial charge in [0.2, 0.25) is 15.3 Å². The highest BCUT2D eigenvalue weighted by Gasteiger charge is 2.16. The molecule has 0 amide bonds. The SMILES string of the molecule is CNS(=O)(=O)c1cccc(-c2csc3c(N)nc(Cl)nc23)c1.